The summed E-state index contributed by atoms with van der Waals surface area (Å²) >= 11 is 11.1. The molecule has 2 heterocycles. The number of nitrogens with one attached hydrogen (secondary N) is 1. The second-order valence-electron chi connectivity index (χ2n) is 5.50. The molecule has 1 amide bonds. The third kappa shape index (κ3) is 3.59. The van der Waals surface area contributed by atoms with E-state index in [1.54, 1.807) is 4.57 Å². The molecule has 6 nitrogen and oxygen atoms in total. The molecule has 3 rings (SSSR count). The Morgan fingerprint density at radius 2 is 2.13 bits per heavy atom. The number of carbonyl (C=O) groups is 1. The molecule has 1 aromatic heterocycles. The van der Waals surface area contributed by atoms with Crippen LogP contribution in [0.5, 0.6) is 0 Å². The van der Waals surface area contributed by atoms with E-state index in [1.807, 2.05) is 24.3 Å². The maximum absolute atomic E-state index is 12.1. The lowest BCUT2D eigenvalue weighted by Gasteiger charge is -2.14. The summed E-state index contributed by atoms with van der Waals surface area (Å²) in [6.07, 6.45) is 0.165. The molecule has 2 aromatic rings. The van der Waals surface area contributed by atoms with Crippen LogP contribution < -0.4 is 5.32 Å². The molecule has 1 aromatic carbocycles. The highest BCUT2D eigenvalue weighted by Gasteiger charge is 2.37. The van der Waals surface area contributed by atoms with Crippen molar-refractivity contribution in [1.82, 2.24) is 9.88 Å². The Labute approximate surface area is 143 Å². The summed E-state index contributed by atoms with van der Waals surface area (Å²) in [5, 5.41) is 2.10. The molecule has 0 bridgehead atoms. The van der Waals surface area contributed by atoms with Crippen molar-refractivity contribution in [1.29, 1.82) is 0 Å². The van der Waals surface area contributed by atoms with Gasteiger partial charge in [0.1, 0.15) is 0 Å². The van der Waals surface area contributed by atoms with Crippen molar-refractivity contribution in [2.45, 2.75) is 24.4 Å². The minimum atomic E-state index is -3.17. The lowest BCUT2D eigenvalue weighted by atomic mass is 10.2. The number of amides is 1. The van der Waals surface area contributed by atoms with Crippen molar-refractivity contribution in [3.8, 4) is 0 Å². The first-order valence-corrected chi connectivity index (χ1v) is 9.74. The van der Waals surface area contributed by atoms with E-state index in [0.717, 1.165) is 5.52 Å². The summed E-state index contributed by atoms with van der Waals surface area (Å²) in [6.45, 7) is 0.355. The first-order valence-electron chi connectivity index (χ1n) is 7.08. The van der Waals surface area contributed by atoms with E-state index in [0.29, 0.717) is 17.0 Å². The number of sulfone groups is 1. The summed E-state index contributed by atoms with van der Waals surface area (Å²) < 4.78 is 30.2. The topological polar surface area (TPSA) is 81.3 Å². The Morgan fingerprint density at radius 1 is 1.39 bits per heavy atom. The van der Waals surface area contributed by atoms with Gasteiger partial charge < -0.3 is 9.73 Å². The standard InChI is InChI=1S/C14H15ClN2O4S2/c15-9-7-23(19,20)8-10(9)16-13(18)5-6-17-11-3-1-2-4-12(11)21-14(17)22/h1-4,9-10H,5-8H2,(H,16,18). The van der Waals surface area contributed by atoms with Gasteiger partial charge in [-0.1, -0.05) is 12.1 Å². The fourth-order valence-corrected chi connectivity index (χ4v) is 5.48. The number of halogens is 1. The molecule has 2 atom stereocenters. The quantitative estimate of drug-likeness (QED) is 0.652. The minimum Gasteiger partial charge on any atom is -0.429 e. The second kappa shape index (κ2) is 6.26. The van der Waals surface area contributed by atoms with E-state index in [9.17, 15) is 13.2 Å². The van der Waals surface area contributed by atoms with Crippen molar-refractivity contribution in [2.24, 2.45) is 0 Å². The molecule has 2 unspecified atom stereocenters. The normalized spacial score (nSPS) is 23.2. The van der Waals surface area contributed by atoms with Gasteiger partial charge in [0.25, 0.3) is 4.84 Å². The van der Waals surface area contributed by atoms with Gasteiger partial charge in [-0.25, -0.2) is 8.42 Å². The van der Waals surface area contributed by atoms with Crippen molar-refractivity contribution in [3.63, 3.8) is 0 Å². The zero-order valence-electron chi connectivity index (χ0n) is 12.1. The maximum atomic E-state index is 12.1. The molecule has 0 aliphatic carbocycles. The summed E-state index contributed by atoms with van der Waals surface area (Å²) in [6, 6.07) is 6.85. The van der Waals surface area contributed by atoms with Crippen LogP contribution in [0.4, 0.5) is 0 Å². The van der Waals surface area contributed by atoms with Gasteiger partial charge in [-0.3, -0.25) is 9.36 Å². The molecule has 23 heavy (non-hydrogen) atoms. The monoisotopic (exact) mass is 374 g/mol. The van der Waals surface area contributed by atoms with Gasteiger partial charge in [-0.2, -0.15) is 0 Å². The fraction of sp³-hybridized carbons (Fsp3) is 0.429. The first-order chi connectivity index (χ1) is 10.9. The number of fused-ring (bicyclic) bond motifs is 1. The fourth-order valence-electron chi connectivity index (χ4n) is 2.65. The smallest absolute Gasteiger partial charge is 0.269 e. The van der Waals surface area contributed by atoms with E-state index in [-0.39, 0.29) is 23.8 Å². The Kier molecular flexibility index (Phi) is 4.48. The molecule has 0 spiro atoms. The number of hydrogen-bond acceptors (Lipinski definition) is 5. The predicted molar refractivity (Wildman–Crippen MR) is 89.9 cm³/mol. The molecule has 1 aliphatic rings. The molecular weight excluding hydrogens is 360 g/mol. The first kappa shape index (κ1) is 16.5. The van der Waals surface area contributed by atoms with Crippen LogP contribution in [0.15, 0.2) is 28.7 Å². The maximum Gasteiger partial charge on any atom is 0.269 e. The van der Waals surface area contributed by atoms with Gasteiger partial charge in [0, 0.05) is 13.0 Å². The largest absolute Gasteiger partial charge is 0.429 e. The number of alkyl halides is 1. The number of rotatable bonds is 4. The highest BCUT2D eigenvalue weighted by Crippen LogP contribution is 2.19. The summed E-state index contributed by atoms with van der Waals surface area (Å²) in [5.41, 5.74) is 1.49. The molecule has 124 valence electrons. The third-order valence-corrected chi connectivity index (χ3v) is 6.44. The Hall–Kier alpha value is -1.38. The molecule has 1 N–H and O–H groups in total. The Balaban J connectivity index is 1.65. The van der Waals surface area contributed by atoms with Crippen LogP contribution in [-0.4, -0.2) is 41.8 Å². The van der Waals surface area contributed by atoms with Crippen molar-refractivity contribution in [2.75, 3.05) is 11.5 Å². The van der Waals surface area contributed by atoms with Crippen LogP contribution in [0.3, 0.4) is 0 Å². The molecule has 0 saturated carbocycles. The Bertz CT molecular complexity index is 903. The van der Waals surface area contributed by atoms with Crippen LogP contribution >= 0.6 is 23.8 Å². The number of aromatic nitrogens is 1. The van der Waals surface area contributed by atoms with Crippen molar-refractivity contribution >= 4 is 50.7 Å². The van der Waals surface area contributed by atoms with Crippen LogP contribution in [-0.2, 0) is 21.2 Å². The number of oxazole rings is 1. The van der Waals surface area contributed by atoms with Gasteiger partial charge >= 0.3 is 0 Å². The highest BCUT2D eigenvalue weighted by atomic mass is 35.5. The van der Waals surface area contributed by atoms with Gasteiger partial charge in [-0.15, -0.1) is 11.6 Å². The number of benzene rings is 1. The van der Waals surface area contributed by atoms with Gasteiger partial charge in [0.2, 0.25) is 5.91 Å². The summed E-state index contributed by atoms with van der Waals surface area (Å²) in [4.78, 5) is 12.4. The van der Waals surface area contributed by atoms with Crippen LogP contribution in [0.1, 0.15) is 6.42 Å². The van der Waals surface area contributed by atoms with E-state index < -0.39 is 21.3 Å². The number of nitrogens with zero attached hydrogens (tertiary/aromatic N) is 1. The SMILES string of the molecule is O=C(CCn1c(=S)oc2ccccc21)NC1CS(=O)(=O)CC1Cl. The van der Waals surface area contributed by atoms with Gasteiger partial charge in [0.05, 0.1) is 28.4 Å². The van der Waals surface area contributed by atoms with Gasteiger partial charge in [0.15, 0.2) is 15.4 Å². The van der Waals surface area contributed by atoms with E-state index >= 15 is 0 Å². The van der Waals surface area contributed by atoms with Crippen molar-refractivity contribution < 1.29 is 17.6 Å². The summed E-state index contributed by atoms with van der Waals surface area (Å²) in [7, 11) is -3.17. The lowest BCUT2D eigenvalue weighted by molar-refractivity contribution is -0.121. The predicted octanol–water partition coefficient (Wildman–Crippen LogP) is 1.87. The molecule has 9 heteroatoms. The molecule has 1 saturated heterocycles. The van der Waals surface area contributed by atoms with E-state index in [4.69, 9.17) is 28.2 Å². The zero-order chi connectivity index (χ0) is 16.6. The Morgan fingerprint density at radius 3 is 2.83 bits per heavy atom. The van der Waals surface area contributed by atoms with Gasteiger partial charge in [-0.05, 0) is 24.4 Å². The third-order valence-electron chi connectivity index (χ3n) is 3.77. The van der Waals surface area contributed by atoms with Crippen LogP contribution in [0.25, 0.3) is 11.1 Å². The minimum absolute atomic E-state index is 0.100. The van der Waals surface area contributed by atoms with Crippen molar-refractivity contribution in [3.05, 3.63) is 29.1 Å². The van der Waals surface area contributed by atoms with E-state index in [2.05, 4.69) is 5.32 Å². The van der Waals surface area contributed by atoms with E-state index in [1.165, 1.54) is 0 Å². The number of carbonyl (C=O) groups excluding carboxylic acids is 1. The molecular formula is C14H15ClN2O4S2. The lowest BCUT2D eigenvalue weighted by Crippen LogP contribution is -2.40. The van der Waals surface area contributed by atoms with Crippen LogP contribution in [0.2, 0.25) is 0 Å². The molecule has 0 radical (unpaired) electrons. The van der Waals surface area contributed by atoms with Crippen LogP contribution in [0, 0.1) is 4.84 Å². The summed E-state index contributed by atoms with van der Waals surface area (Å²) in [5.74, 6) is -0.470. The average Bonchev–Trinajstić information content (AvgIpc) is 2.92. The number of hydrogen-bond donors (Lipinski definition) is 1. The highest BCUT2D eigenvalue weighted by molar-refractivity contribution is 7.91. The second-order valence-corrected chi connectivity index (χ2v) is 8.57. The number of aryl methyl sites for hydroxylation is 1. The zero-order valence-corrected chi connectivity index (χ0v) is 14.5. The number of para-hydroxylation sites is 2. The average molecular weight is 375 g/mol. The molecule has 1 aliphatic heterocycles. The molecule has 1 fully saturated rings.